The van der Waals surface area contributed by atoms with Crippen molar-refractivity contribution in [2.45, 2.75) is 89.8 Å². The number of nitrogens with one attached hydrogen (secondary N) is 1. The Morgan fingerprint density at radius 2 is 1.55 bits per heavy atom. The second-order valence-corrected chi connectivity index (χ2v) is 15.0. The Bertz CT molecular complexity index is 1380. The smallest absolute Gasteiger partial charge is 0.244 e. The highest BCUT2D eigenvalue weighted by molar-refractivity contribution is 7.92. The van der Waals surface area contributed by atoms with Gasteiger partial charge in [-0.05, 0) is 106 Å². The predicted octanol–water partition coefficient (Wildman–Crippen LogP) is 5.39. The molecule has 2 unspecified atom stereocenters. The number of hydrogen-bond donors (Lipinski definition) is 1. The highest BCUT2D eigenvalue weighted by Crippen LogP contribution is 2.60. The molecular formula is C33H44FN3O4S. The van der Waals surface area contributed by atoms with Gasteiger partial charge < -0.3 is 10.2 Å². The third-order valence-electron chi connectivity index (χ3n) is 9.95. The van der Waals surface area contributed by atoms with Crippen LogP contribution in [-0.2, 0) is 31.6 Å². The standard InChI is InChI=1S/C33H44FN3O4S/c1-5-22(2)35-32(39)23(3)36(20-27-8-6-7-9-30(27)34)31(38)21-37(42(4,40)41)29-12-10-28(11-13-29)33-17-24-14-25(18-33)16-26(15-24)19-33/h6-13,22-26H,5,14-21H2,1-4H3,(H,35,39). The maximum atomic E-state index is 14.6. The predicted molar refractivity (Wildman–Crippen MR) is 163 cm³/mol. The molecule has 4 aliphatic rings. The average molecular weight is 598 g/mol. The van der Waals surface area contributed by atoms with E-state index in [9.17, 15) is 22.4 Å². The van der Waals surface area contributed by atoms with Crippen LogP contribution in [0.3, 0.4) is 0 Å². The summed E-state index contributed by atoms with van der Waals surface area (Å²) in [6, 6.07) is 12.8. The van der Waals surface area contributed by atoms with Crippen LogP contribution in [0.15, 0.2) is 48.5 Å². The van der Waals surface area contributed by atoms with Crippen LogP contribution in [0.25, 0.3) is 0 Å². The molecule has 7 nitrogen and oxygen atoms in total. The molecule has 0 spiro atoms. The quantitative estimate of drug-likeness (QED) is 0.376. The van der Waals surface area contributed by atoms with Gasteiger partial charge in [0, 0.05) is 18.2 Å². The molecule has 0 heterocycles. The van der Waals surface area contributed by atoms with Gasteiger partial charge >= 0.3 is 0 Å². The van der Waals surface area contributed by atoms with Crippen molar-refractivity contribution in [3.05, 3.63) is 65.5 Å². The lowest BCUT2D eigenvalue weighted by molar-refractivity contribution is -0.139. The first-order chi connectivity index (χ1) is 19.9. The largest absolute Gasteiger partial charge is 0.352 e. The molecule has 9 heteroatoms. The number of benzene rings is 2. The first kappa shape index (κ1) is 30.5. The second-order valence-electron chi connectivity index (χ2n) is 13.1. The molecule has 42 heavy (non-hydrogen) atoms. The monoisotopic (exact) mass is 597 g/mol. The lowest BCUT2D eigenvalue weighted by atomic mass is 9.48. The summed E-state index contributed by atoms with van der Waals surface area (Å²) in [4.78, 5) is 28.1. The summed E-state index contributed by atoms with van der Waals surface area (Å²) in [5.41, 5.74) is 2.09. The molecule has 228 valence electrons. The van der Waals surface area contributed by atoms with Crippen LogP contribution in [0, 0.1) is 23.6 Å². The van der Waals surface area contributed by atoms with E-state index in [-0.39, 0.29) is 29.5 Å². The van der Waals surface area contributed by atoms with Crippen LogP contribution in [0.1, 0.15) is 76.8 Å². The van der Waals surface area contributed by atoms with Gasteiger partial charge in [0.2, 0.25) is 21.8 Å². The van der Waals surface area contributed by atoms with E-state index in [2.05, 4.69) is 5.32 Å². The number of sulfonamides is 1. The number of hydrogen-bond acceptors (Lipinski definition) is 4. The Morgan fingerprint density at radius 1 is 0.976 bits per heavy atom. The Kier molecular flexibility index (Phi) is 8.70. The molecule has 6 rings (SSSR count). The van der Waals surface area contributed by atoms with E-state index in [1.54, 1.807) is 25.1 Å². The summed E-state index contributed by atoms with van der Waals surface area (Å²) >= 11 is 0. The number of rotatable bonds is 11. The maximum Gasteiger partial charge on any atom is 0.244 e. The SMILES string of the molecule is CCC(C)NC(=O)C(C)N(Cc1ccccc1F)C(=O)CN(c1ccc(C23CC4CC(CC(C4)C2)C3)cc1)S(C)(=O)=O. The molecule has 1 N–H and O–H groups in total. The summed E-state index contributed by atoms with van der Waals surface area (Å²) < 4.78 is 41.7. The van der Waals surface area contributed by atoms with Crippen molar-refractivity contribution in [2.24, 2.45) is 17.8 Å². The van der Waals surface area contributed by atoms with Gasteiger partial charge in [-0.1, -0.05) is 37.3 Å². The molecule has 2 atom stereocenters. The van der Waals surface area contributed by atoms with Crippen LogP contribution in [0.5, 0.6) is 0 Å². The molecule has 0 aromatic heterocycles. The van der Waals surface area contributed by atoms with E-state index in [1.807, 2.05) is 38.1 Å². The molecule has 4 fully saturated rings. The van der Waals surface area contributed by atoms with Crippen LogP contribution >= 0.6 is 0 Å². The number of anilines is 1. The fourth-order valence-corrected chi connectivity index (χ4v) is 8.77. The highest BCUT2D eigenvalue weighted by Gasteiger charge is 2.51. The topological polar surface area (TPSA) is 86.8 Å². The third kappa shape index (κ3) is 6.36. The van der Waals surface area contributed by atoms with Gasteiger partial charge in [-0.25, -0.2) is 12.8 Å². The van der Waals surface area contributed by atoms with Crippen molar-refractivity contribution in [2.75, 3.05) is 17.1 Å². The Hall–Kier alpha value is -2.94. The molecular weight excluding hydrogens is 553 g/mol. The minimum atomic E-state index is -3.84. The van der Waals surface area contributed by atoms with E-state index in [1.165, 1.54) is 55.1 Å². The fraction of sp³-hybridized carbons (Fsp3) is 0.576. The van der Waals surface area contributed by atoms with E-state index < -0.39 is 34.3 Å². The van der Waals surface area contributed by atoms with Crippen LogP contribution in [0.4, 0.5) is 10.1 Å². The van der Waals surface area contributed by atoms with E-state index in [4.69, 9.17) is 0 Å². The Labute approximate surface area is 249 Å². The lowest BCUT2D eigenvalue weighted by Crippen LogP contribution is -2.52. The van der Waals surface area contributed by atoms with Crippen LogP contribution < -0.4 is 9.62 Å². The van der Waals surface area contributed by atoms with E-state index in [0.29, 0.717) is 12.1 Å². The lowest BCUT2D eigenvalue weighted by Gasteiger charge is -2.57. The van der Waals surface area contributed by atoms with Gasteiger partial charge in [-0.2, -0.15) is 0 Å². The van der Waals surface area contributed by atoms with Gasteiger partial charge in [0.05, 0.1) is 11.9 Å². The minimum Gasteiger partial charge on any atom is -0.352 e. The molecule has 4 bridgehead atoms. The normalized spacial score (nSPS) is 26.0. The van der Waals surface area contributed by atoms with Crippen molar-refractivity contribution in [3.8, 4) is 0 Å². The van der Waals surface area contributed by atoms with Gasteiger partial charge in [0.15, 0.2) is 0 Å². The average Bonchev–Trinajstić information content (AvgIpc) is 2.93. The zero-order valence-corrected chi connectivity index (χ0v) is 26.0. The van der Waals surface area contributed by atoms with Crippen molar-refractivity contribution in [1.29, 1.82) is 0 Å². The number of nitrogens with zero attached hydrogens (tertiary/aromatic N) is 2. The van der Waals surface area contributed by atoms with Crippen molar-refractivity contribution < 1.29 is 22.4 Å². The van der Waals surface area contributed by atoms with E-state index >= 15 is 0 Å². The summed E-state index contributed by atoms with van der Waals surface area (Å²) in [5, 5.41) is 2.88. The highest BCUT2D eigenvalue weighted by atomic mass is 32.2. The molecule has 2 aromatic carbocycles. The Morgan fingerprint density at radius 3 is 2.07 bits per heavy atom. The van der Waals surface area contributed by atoms with Gasteiger partial charge in [-0.15, -0.1) is 0 Å². The number of carbonyl (C=O) groups excluding carboxylic acids is 2. The summed E-state index contributed by atoms with van der Waals surface area (Å²) in [6.45, 7) is 4.73. The zero-order valence-electron chi connectivity index (χ0n) is 25.2. The van der Waals surface area contributed by atoms with Gasteiger partial charge in [0.1, 0.15) is 18.4 Å². The number of carbonyl (C=O) groups is 2. The molecule has 0 saturated heterocycles. The molecule has 2 amide bonds. The van der Waals surface area contributed by atoms with Gasteiger partial charge in [0.25, 0.3) is 0 Å². The first-order valence-corrected chi connectivity index (χ1v) is 17.1. The van der Waals surface area contributed by atoms with E-state index in [0.717, 1.165) is 28.3 Å². The maximum absolute atomic E-state index is 14.6. The number of amides is 2. The molecule has 2 aromatic rings. The third-order valence-corrected chi connectivity index (χ3v) is 11.1. The summed E-state index contributed by atoms with van der Waals surface area (Å²) in [5.74, 6) is 0.925. The molecule has 4 saturated carbocycles. The summed E-state index contributed by atoms with van der Waals surface area (Å²) in [6.07, 6.45) is 9.43. The van der Waals surface area contributed by atoms with Crippen molar-refractivity contribution >= 4 is 27.5 Å². The summed E-state index contributed by atoms with van der Waals surface area (Å²) in [7, 11) is -3.84. The number of halogens is 1. The van der Waals surface area contributed by atoms with Gasteiger partial charge in [-0.3, -0.25) is 13.9 Å². The zero-order chi connectivity index (χ0) is 30.2. The molecule has 0 radical (unpaired) electrons. The molecule has 0 aliphatic heterocycles. The van der Waals surface area contributed by atoms with Crippen LogP contribution in [-0.4, -0.2) is 50.0 Å². The Balaban J connectivity index is 1.39. The minimum absolute atomic E-state index is 0.106. The second kappa shape index (κ2) is 12.0. The first-order valence-electron chi connectivity index (χ1n) is 15.3. The van der Waals surface area contributed by atoms with Crippen molar-refractivity contribution in [3.63, 3.8) is 0 Å². The van der Waals surface area contributed by atoms with Crippen molar-refractivity contribution in [1.82, 2.24) is 10.2 Å². The fourth-order valence-electron chi connectivity index (χ4n) is 7.92. The molecule has 4 aliphatic carbocycles. The van der Waals surface area contributed by atoms with Crippen LogP contribution in [0.2, 0.25) is 0 Å².